The van der Waals surface area contributed by atoms with Crippen LogP contribution in [0.2, 0.25) is 0 Å². The Balaban J connectivity index is 1.65. The van der Waals surface area contributed by atoms with E-state index in [9.17, 15) is 8.42 Å². The molecule has 0 spiro atoms. The number of aryl methyl sites for hydroxylation is 1. The van der Waals surface area contributed by atoms with Crippen molar-refractivity contribution in [3.63, 3.8) is 0 Å². The number of unbranched alkanes of at least 4 members (excludes halogenated alkanes) is 10. The fraction of sp³-hybridized carbons (Fsp3) is 0.520. The molecule has 166 valence electrons. The van der Waals surface area contributed by atoms with E-state index in [1.165, 1.54) is 88.3 Å². The summed E-state index contributed by atoms with van der Waals surface area (Å²) in [7, 11) is -4.18. The monoisotopic (exact) mass is 432 g/mol. The molecule has 1 N–H and O–H groups in total. The highest BCUT2D eigenvalue weighted by Gasteiger charge is 2.09. The van der Waals surface area contributed by atoms with E-state index in [4.69, 9.17) is 9.29 Å². The SMILES string of the molecule is CCCCCCCCCCCCCc1cccc(Oc2ccc(S(=O)(=O)O)cc2)c1. The first-order valence-corrected chi connectivity index (χ1v) is 12.8. The summed E-state index contributed by atoms with van der Waals surface area (Å²) in [5.41, 5.74) is 1.25. The molecular weight excluding hydrogens is 396 g/mol. The molecule has 0 atom stereocenters. The second-order valence-corrected chi connectivity index (χ2v) is 9.40. The molecule has 0 aliphatic carbocycles. The van der Waals surface area contributed by atoms with Crippen molar-refractivity contribution in [2.24, 2.45) is 0 Å². The topological polar surface area (TPSA) is 63.6 Å². The molecule has 4 nitrogen and oxygen atoms in total. The third-order valence-electron chi connectivity index (χ3n) is 5.32. The molecular formula is C25H36O4S. The van der Waals surface area contributed by atoms with Crippen molar-refractivity contribution in [3.8, 4) is 11.5 Å². The van der Waals surface area contributed by atoms with Gasteiger partial charge in [-0.05, 0) is 54.8 Å². The van der Waals surface area contributed by atoms with Crippen molar-refractivity contribution in [3.05, 3.63) is 54.1 Å². The third-order valence-corrected chi connectivity index (χ3v) is 6.19. The van der Waals surface area contributed by atoms with Crippen LogP contribution >= 0.6 is 0 Å². The highest BCUT2D eigenvalue weighted by molar-refractivity contribution is 7.85. The van der Waals surface area contributed by atoms with Crippen LogP contribution in [-0.4, -0.2) is 13.0 Å². The number of benzene rings is 2. The van der Waals surface area contributed by atoms with Crippen LogP contribution in [-0.2, 0) is 16.5 Å². The average Bonchev–Trinajstić information content (AvgIpc) is 2.72. The average molecular weight is 433 g/mol. The first kappa shape index (κ1) is 24.4. The Bertz CT molecular complexity index is 828. The fourth-order valence-corrected chi connectivity index (χ4v) is 4.05. The summed E-state index contributed by atoms with van der Waals surface area (Å²) >= 11 is 0. The zero-order valence-electron chi connectivity index (χ0n) is 18.2. The molecule has 0 saturated carbocycles. The summed E-state index contributed by atoms with van der Waals surface area (Å²) in [6.07, 6.45) is 15.8. The van der Waals surface area contributed by atoms with Gasteiger partial charge in [0.05, 0.1) is 4.90 Å². The number of ether oxygens (including phenoxy) is 1. The summed E-state index contributed by atoms with van der Waals surface area (Å²) in [6, 6.07) is 13.8. The van der Waals surface area contributed by atoms with Gasteiger partial charge in [0.2, 0.25) is 0 Å². The maximum absolute atomic E-state index is 11.1. The lowest BCUT2D eigenvalue weighted by atomic mass is 10.0. The van der Waals surface area contributed by atoms with Gasteiger partial charge in [-0.2, -0.15) is 8.42 Å². The quantitative estimate of drug-likeness (QED) is 0.233. The molecule has 0 heterocycles. The van der Waals surface area contributed by atoms with Gasteiger partial charge in [-0.25, -0.2) is 0 Å². The maximum atomic E-state index is 11.1. The minimum atomic E-state index is -4.18. The van der Waals surface area contributed by atoms with Crippen LogP contribution in [0.1, 0.15) is 83.1 Å². The second-order valence-electron chi connectivity index (χ2n) is 7.98. The third kappa shape index (κ3) is 9.77. The van der Waals surface area contributed by atoms with Gasteiger partial charge < -0.3 is 4.74 Å². The molecule has 0 unspecified atom stereocenters. The second kappa shape index (κ2) is 13.5. The molecule has 0 aliphatic heterocycles. The van der Waals surface area contributed by atoms with Crippen LogP contribution in [0.5, 0.6) is 11.5 Å². The minimum absolute atomic E-state index is 0.139. The molecule has 0 radical (unpaired) electrons. The molecule has 2 rings (SSSR count). The van der Waals surface area contributed by atoms with Gasteiger partial charge in [0.25, 0.3) is 10.1 Å². The number of rotatable bonds is 15. The largest absolute Gasteiger partial charge is 0.457 e. The Labute approximate surface area is 182 Å². The standard InChI is InChI=1S/C25H36O4S/c1-2-3-4-5-6-7-8-9-10-11-12-14-22-15-13-16-24(21-22)29-23-17-19-25(20-18-23)30(26,27)28/h13,15-21H,2-12,14H2,1H3,(H,26,27,28). The first-order chi connectivity index (χ1) is 14.5. The zero-order chi connectivity index (χ0) is 21.7. The lowest BCUT2D eigenvalue weighted by Gasteiger charge is -2.08. The summed E-state index contributed by atoms with van der Waals surface area (Å²) in [5.74, 6) is 1.27. The predicted octanol–water partition coefficient (Wildman–Crippen LogP) is 7.58. The fourth-order valence-electron chi connectivity index (χ4n) is 3.57. The van der Waals surface area contributed by atoms with Crippen molar-refractivity contribution in [2.45, 2.75) is 88.9 Å². The minimum Gasteiger partial charge on any atom is -0.457 e. The van der Waals surface area contributed by atoms with E-state index < -0.39 is 10.1 Å². The Kier molecular flexibility index (Phi) is 11.0. The van der Waals surface area contributed by atoms with Gasteiger partial charge in [-0.1, -0.05) is 83.3 Å². The van der Waals surface area contributed by atoms with Crippen molar-refractivity contribution in [2.75, 3.05) is 0 Å². The van der Waals surface area contributed by atoms with E-state index in [0.29, 0.717) is 5.75 Å². The highest BCUT2D eigenvalue weighted by Crippen LogP contribution is 2.24. The van der Waals surface area contributed by atoms with E-state index in [2.05, 4.69) is 13.0 Å². The van der Waals surface area contributed by atoms with Crippen molar-refractivity contribution < 1.29 is 17.7 Å². The van der Waals surface area contributed by atoms with Gasteiger partial charge in [-0.3, -0.25) is 4.55 Å². The van der Waals surface area contributed by atoms with Gasteiger partial charge in [0.15, 0.2) is 0 Å². The van der Waals surface area contributed by atoms with Gasteiger partial charge in [-0.15, -0.1) is 0 Å². The predicted molar refractivity (Wildman–Crippen MR) is 123 cm³/mol. The number of hydrogen-bond donors (Lipinski definition) is 1. The van der Waals surface area contributed by atoms with Crippen LogP contribution in [0.25, 0.3) is 0 Å². The van der Waals surface area contributed by atoms with Crippen LogP contribution in [0.4, 0.5) is 0 Å². The molecule has 0 bridgehead atoms. The van der Waals surface area contributed by atoms with Crippen LogP contribution in [0.3, 0.4) is 0 Å². The van der Waals surface area contributed by atoms with Gasteiger partial charge in [0, 0.05) is 0 Å². The smallest absolute Gasteiger partial charge is 0.294 e. The maximum Gasteiger partial charge on any atom is 0.294 e. The zero-order valence-corrected chi connectivity index (χ0v) is 19.0. The first-order valence-electron chi connectivity index (χ1n) is 11.3. The van der Waals surface area contributed by atoms with Crippen molar-refractivity contribution in [1.29, 1.82) is 0 Å². The summed E-state index contributed by atoms with van der Waals surface area (Å²) < 4.78 is 37.1. The van der Waals surface area contributed by atoms with Crippen LogP contribution < -0.4 is 4.74 Å². The molecule has 2 aromatic carbocycles. The molecule has 0 saturated heterocycles. The molecule has 0 aliphatic rings. The van der Waals surface area contributed by atoms with Crippen LogP contribution in [0, 0.1) is 0 Å². The molecule has 2 aromatic rings. The molecule has 30 heavy (non-hydrogen) atoms. The van der Waals surface area contributed by atoms with E-state index in [1.54, 1.807) is 12.1 Å². The molecule has 5 heteroatoms. The Morgan fingerprint density at radius 3 is 1.87 bits per heavy atom. The van der Waals surface area contributed by atoms with E-state index in [1.807, 2.05) is 18.2 Å². The van der Waals surface area contributed by atoms with E-state index in [-0.39, 0.29) is 4.90 Å². The number of hydrogen-bond acceptors (Lipinski definition) is 3. The van der Waals surface area contributed by atoms with E-state index in [0.717, 1.165) is 12.2 Å². The summed E-state index contributed by atoms with van der Waals surface area (Å²) in [6.45, 7) is 2.26. The van der Waals surface area contributed by atoms with Crippen molar-refractivity contribution >= 4 is 10.1 Å². The van der Waals surface area contributed by atoms with E-state index >= 15 is 0 Å². The lowest BCUT2D eigenvalue weighted by Crippen LogP contribution is -1.97. The molecule has 0 amide bonds. The Morgan fingerprint density at radius 2 is 1.30 bits per heavy atom. The lowest BCUT2D eigenvalue weighted by molar-refractivity contribution is 0.477. The van der Waals surface area contributed by atoms with Gasteiger partial charge >= 0.3 is 0 Å². The van der Waals surface area contributed by atoms with Crippen LogP contribution in [0.15, 0.2) is 53.4 Å². The normalized spacial score (nSPS) is 11.5. The van der Waals surface area contributed by atoms with Gasteiger partial charge in [0.1, 0.15) is 11.5 Å². The summed E-state index contributed by atoms with van der Waals surface area (Å²) in [4.78, 5) is -0.139. The Hall–Kier alpha value is -1.85. The summed E-state index contributed by atoms with van der Waals surface area (Å²) in [5, 5.41) is 0. The Morgan fingerprint density at radius 1 is 0.733 bits per heavy atom. The van der Waals surface area contributed by atoms with Crippen molar-refractivity contribution in [1.82, 2.24) is 0 Å². The molecule has 0 aromatic heterocycles. The highest BCUT2D eigenvalue weighted by atomic mass is 32.2. The molecule has 0 fully saturated rings.